The predicted octanol–water partition coefficient (Wildman–Crippen LogP) is -0.415. The fourth-order valence-electron chi connectivity index (χ4n) is 2.18. The molecule has 0 spiro atoms. The van der Waals surface area contributed by atoms with Crippen LogP contribution in [0, 0.1) is 0 Å². The van der Waals surface area contributed by atoms with Crippen LogP contribution in [0.1, 0.15) is 5.56 Å². The molecular formula is C12H17NO3. The molecular weight excluding hydrogens is 206 g/mol. The molecule has 0 unspecified atom stereocenters. The molecule has 0 radical (unpaired) electrons. The van der Waals surface area contributed by atoms with Gasteiger partial charge in [0.1, 0.15) is 0 Å². The van der Waals surface area contributed by atoms with Crippen molar-refractivity contribution in [3.8, 4) is 0 Å². The monoisotopic (exact) mass is 223 g/mol. The molecule has 3 atom stereocenters. The molecule has 0 bridgehead atoms. The van der Waals surface area contributed by atoms with Crippen molar-refractivity contribution in [1.82, 2.24) is 4.90 Å². The summed E-state index contributed by atoms with van der Waals surface area (Å²) >= 11 is 0. The SMILES string of the molecule is OC[C@H]1[C@H](O)[C@H](O)CN1Cc1ccccc1. The second-order valence-electron chi connectivity index (χ2n) is 4.22. The maximum Gasteiger partial charge on any atom is 0.0988 e. The maximum atomic E-state index is 9.65. The predicted molar refractivity (Wildman–Crippen MR) is 59.7 cm³/mol. The highest BCUT2D eigenvalue weighted by Gasteiger charge is 2.38. The zero-order valence-electron chi connectivity index (χ0n) is 9.03. The summed E-state index contributed by atoms with van der Waals surface area (Å²) in [6.07, 6.45) is -1.62. The van der Waals surface area contributed by atoms with Crippen LogP contribution in [0.2, 0.25) is 0 Å². The van der Waals surface area contributed by atoms with E-state index in [-0.39, 0.29) is 12.6 Å². The van der Waals surface area contributed by atoms with Crippen LogP contribution in [-0.4, -0.2) is 51.6 Å². The van der Waals surface area contributed by atoms with Gasteiger partial charge in [-0.15, -0.1) is 0 Å². The molecule has 1 saturated heterocycles. The zero-order chi connectivity index (χ0) is 11.5. The van der Waals surface area contributed by atoms with Crippen molar-refractivity contribution in [2.75, 3.05) is 13.2 Å². The van der Waals surface area contributed by atoms with E-state index >= 15 is 0 Å². The molecule has 1 heterocycles. The Labute approximate surface area is 94.8 Å². The van der Waals surface area contributed by atoms with Gasteiger partial charge in [-0.3, -0.25) is 4.90 Å². The highest BCUT2D eigenvalue weighted by molar-refractivity contribution is 5.15. The lowest BCUT2D eigenvalue weighted by molar-refractivity contribution is 0.0210. The molecule has 4 heteroatoms. The molecule has 1 aromatic rings. The number of hydrogen-bond donors (Lipinski definition) is 3. The molecule has 0 aromatic heterocycles. The largest absolute Gasteiger partial charge is 0.395 e. The summed E-state index contributed by atoms with van der Waals surface area (Å²) in [4.78, 5) is 1.91. The summed E-state index contributed by atoms with van der Waals surface area (Å²) in [6, 6.07) is 9.46. The van der Waals surface area contributed by atoms with Crippen molar-refractivity contribution in [3.05, 3.63) is 35.9 Å². The molecule has 4 nitrogen and oxygen atoms in total. The Kier molecular flexibility index (Phi) is 3.56. The average molecular weight is 223 g/mol. The van der Waals surface area contributed by atoms with Crippen LogP contribution in [0.25, 0.3) is 0 Å². The van der Waals surface area contributed by atoms with Crippen molar-refractivity contribution in [3.63, 3.8) is 0 Å². The molecule has 0 aliphatic carbocycles. The van der Waals surface area contributed by atoms with Gasteiger partial charge in [-0.25, -0.2) is 0 Å². The van der Waals surface area contributed by atoms with E-state index in [0.717, 1.165) is 5.56 Å². The van der Waals surface area contributed by atoms with Crippen molar-refractivity contribution >= 4 is 0 Å². The summed E-state index contributed by atoms with van der Waals surface area (Å²) in [5.41, 5.74) is 1.11. The number of hydrogen-bond acceptors (Lipinski definition) is 4. The van der Waals surface area contributed by atoms with Crippen LogP contribution < -0.4 is 0 Å². The minimum absolute atomic E-state index is 0.134. The molecule has 16 heavy (non-hydrogen) atoms. The maximum absolute atomic E-state index is 9.65. The van der Waals surface area contributed by atoms with Crippen molar-refractivity contribution < 1.29 is 15.3 Å². The molecule has 88 valence electrons. The van der Waals surface area contributed by atoms with E-state index in [2.05, 4.69) is 0 Å². The van der Waals surface area contributed by atoms with Crippen LogP contribution in [0.3, 0.4) is 0 Å². The standard InChI is InChI=1S/C12H17NO3/c14-8-10-12(16)11(15)7-13(10)6-9-4-2-1-3-5-9/h1-5,10-12,14-16H,6-8H2/t10-,11+,12-/m0/s1. The summed E-state index contributed by atoms with van der Waals surface area (Å²) in [5.74, 6) is 0. The Balaban J connectivity index is 2.05. The lowest BCUT2D eigenvalue weighted by Gasteiger charge is -2.23. The summed E-state index contributed by atoms with van der Waals surface area (Å²) in [7, 11) is 0. The molecule has 0 amide bonds. The third-order valence-corrected chi connectivity index (χ3v) is 3.09. The third-order valence-electron chi connectivity index (χ3n) is 3.09. The Bertz CT molecular complexity index is 330. The van der Waals surface area contributed by atoms with Crippen LogP contribution >= 0.6 is 0 Å². The lowest BCUT2D eigenvalue weighted by Crippen LogP contribution is -2.38. The topological polar surface area (TPSA) is 63.9 Å². The summed E-state index contributed by atoms with van der Waals surface area (Å²) in [5, 5.41) is 28.4. The van der Waals surface area contributed by atoms with Gasteiger partial charge >= 0.3 is 0 Å². The first-order valence-electron chi connectivity index (χ1n) is 5.47. The first kappa shape index (κ1) is 11.5. The van der Waals surface area contributed by atoms with Crippen molar-refractivity contribution in [2.24, 2.45) is 0 Å². The van der Waals surface area contributed by atoms with Gasteiger partial charge in [-0.1, -0.05) is 30.3 Å². The third kappa shape index (κ3) is 2.25. The average Bonchev–Trinajstić information content (AvgIpc) is 2.56. The van der Waals surface area contributed by atoms with E-state index in [9.17, 15) is 15.3 Å². The first-order valence-corrected chi connectivity index (χ1v) is 5.47. The number of aliphatic hydroxyl groups is 3. The highest BCUT2D eigenvalue weighted by Crippen LogP contribution is 2.20. The number of likely N-dealkylation sites (tertiary alicyclic amines) is 1. The van der Waals surface area contributed by atoms with E-state index in [0.29, 0.717) is 13.1 Å². The summed E-state index contributed by atoms with van der Waals surface area (Å²) < 4.78 is 0. The van der Waals surface area contributed by atoms with Gasteiger partial charge in [0.15, 0.2) is 0 Å². The van der Waals surface area contributed by atoms with Gasteiger partial charge in [-0.05, 0) is 5.56 Å². The van der Waals surface area contributed by atoms with Gasteiger partial charge in [0.25, 0.3) is 0 Å². The van der Waals surface area contributed by atoms with E-state index in [1.54, 1.807) is 0 Å². The van der Waals surface area contributed by atoms with E-state index in [4.69, 9.17) is 0 Å². The molecule has 1 aliphatic heterocycles. The van der Waals surface area contributed by atoms with Crippen molar-refractivity contribution in [1.29, 1.82) is 0 Å². The number of β-amino-alcohol motifs (C(OH)–C–C–N with tert-alkyl or cyclic N) is 1. The second-order valence-corrected chi connectivity index (χ2v) is 4.22. The van der Waals surface area contributed by atoms with Gasteiger partial charge in [0.2, 0.25) is 0 Å². The van der Waals surface area contributed by atoms with Gasteiger partial charge < -0.3 is 15.3 Å². The van der Waals surface area contributed by atoms with Gasteiger partial charge in [0, 0.05) is 13.1 Å². The smallest absolute Gasteiger partial charge is 0.0988 e. The Morgan fingerprint density at radius 2 is 1.88 bits per heavy atom. The number of nitrogens with zero attached hydrogens (tertiary/aromatic N) is 1. The molecule has 1 aromatic carbocycles. The number of rotatable bonds is 3. The summed E-state index contributed by atoms with van der Waals surface area (Å²) in [6.45, 7) is 0.909. The lowest BCUT2D eigenvalue weighted by atomic mass is 10.1. The fourth-order valence-corrected chi connectivity index (χ4v) is 2.18. The Hall–Kier alpha value is -0.940. The van der Waals surface area contributed by atoms with Crippen molar-refractivity contribution in [2.45, 2.75) is 24.8 Å². The Morgan fingerprint density at radius 1 is 1.19 bits per heavy atom. The van der Waals surface area contributed by atoms with E-state index in [1.807, 2.05) is 35.2 Å². The van der Waals surface area contributed by atoms with Crippen LogP contribution in [-0.2, 0) is 6.54 Å². The highest BCUT2D eigenvalue weighted by atomic mass is 16.3. The molecule has 1 fully saturated rings. The Morgan fingerprint density at radius 3 is 2.50 bits per heavy atom. The first-order chi connectivity index (χ1) is 7.72. The van der Waals surface area contributed by atoms with Crippen LogP contribution in [0.5, 0.6) is 0 Å². The van der Waals surface area contributed by atoms with Gasteiger partial charge in [0.05, 0.1) is 24.9 Å². The molecule has 3 N–H and O–H groups in total. The minimum Gasteiger partial charge on any atom is -0.395 e. The second kappa shape index (κ2) is 4.93. The molecule has 0 saturated carbocycles. The zero-order valence-corrected chi connectivity index (χ0v) is 9.03. The van der Waals surface area contributed by atoms with Gasteiger partial charge in [-0.2, -0.15) is 0 Å². The van der Waals surface area contributed by atoms with Crippen LogP contribution in [0.15, 0.2) is 30.3 Å². The minimum atomic E-state index is -0.853. The molecule has 1 aliphatic rings. The van der Waals surface area contributed by atoms with E-state index < -0.39 is 12.2 Å². The van der Waals surface area contributed by atoms with Crippen LogP contribution in [0.4, 0.5) is 0 Å². The normalized spacial score (nSPS) is 30.8. The van der Waals surface area contributed by atoms with E-state index in [1.165, 1.54) is 0 Å². The molecule has 2 rings (SSSR count). The quantitative estimate of drug-likeness (QED) is 0.651. The number of benzene rings is 1. The number of aliphatic hydroxyl groups excluding tert-OH is 3. The fraction of sp³-hybridized carbons (Fsp3) is 0.500.